The lowest BCUT2D eigenvalue weighted by Crippen LogP contribution is -2.46. The number of halogens is 3. The van der Waals surface area contributed by atoms with Crippen molar-refractivity contribution in [2.24, 2.45) is 0 Å². The standard InChI is InChI=1S/C17H16F3NO2S/c18-17(19,20)13-4-1-3-12(9-13)10-14-11-21(6-7-23-14)16(22)15-5-2-8-24-15/h1-5,8-9,14H,6-7,10-11H2/t14-/m0/s1. The predicted molar refractivity (Wildman–Crippen MR) is 85.1 cm³/mol. The summed E-state index contributed by atoms with van der Waals surface area (Å²) in [5.41, 5.74) is -0.109. The van der Waals surface area contributed by atoms with Crippen LogP contribution in [0.2, 0.25) is 0 Å². The molecule has 3 nitrogen and oxygen atoms in total. The summed E-state index contributed by atoms with van der Waals surface area (Å²) < 4.78 is 44.0. The summed E-state index contributed by atoms with van der Waals surface area (Å²) in [6.07, 6.45) is -4.31. The third kappa shape index (κ3) is 3.96. The van der Waals surface area contributed by atoms with E-state index in [9.17, 15) is 18.0 Å². The minimum absolute atomic E-state index is 0.0534. The predicted octanol–water partition coefficient (Wildman–Crippen LogP) is 3.85. The van der Waals surface area contributed by atoms with Crippen molar-refractivity contribution in [2.75, 3.05) is 19.7 Å². The lowest BCUT2D eigenvalue weighted by molar-refractivity contribution is -0.137. The molecule has 3 rings (SSSR count). The van der Waals surface area contributed by atoms with E-state index in [1.54, 1.807) is 17.0 Å². The number of hydrogen-bond donors (Lipinski definition) is 0. The van der Waals surface area contributed by atoms with E-state index in [1.165, 1.54) is 17.4 Å². The number of carbonyl (C=O) groups excluding carboxylic acids is 1. The number of hydrogen-bond acceptors (Lipinski definition) is 3. The van der Waals surface area contributed by atoms with Gasteiger partial charge in [0.1, 0.15) is 0 Å². The van der Waals surface area contributed by atoms with Crippen molar-refractivity contribution in [1.29, 1.82) is 0 Å². The molecule has 1 fully saturated rings. The maximum Gasteiger partial charge on any atom is 0.416 e. The first kappa shape index (κ1) is 17.0. The molecule has 0 aliphatic carbocycles. The number of benzene rings is 1. The summed E-state index contributed by atoms with van der Waals surface area (Å²) in [6, 6.07) is 8.83. The molecule has 1 amide bonds. The van der Waals surface area contributed by atoms with E-state index in [0.717, 1.165) is 12.1 Å². The van der Waals surface area contributed by atoms with E-state index in [4.69, 9.17) is 4.74 Å². The number of carbonyl (C=O) groups is 1. The monoisotopic (exact) mass is 355 g/mol. The van der Waals surface area contributed by atoms with Crippen molar-refractivity contribution in [1.82, 2.24) is 4.90 Å². The molecule has 0 saturated carbocycles. The smallest absolute Gasteiger partial charge is 0.374 e. The van der Waals surface area contributed by atoms with Crippen LogP contribution in [0.4, 0.5) is 13.2 Å². The molecule has 0 spiro atoms. The highest BCUT2D eigenvalue weighted by atomic mass is 32.1. The molecular formula is C17H16F3NO2S. The van der Waals surface area contributed by atoms with Gasteiger partial charge in [-0.25, -0.2) is 0 Å². The lowest BCUT2D eigenvalue weighted by atomic mass is 10.0. The molecule has 2 aromatic rings. The molecule has 7 heteroatoms. The second-order valence-electron chi connectivity index (χ2n) is 5.62. The zero-order chi connectivity index (χ0) is 17.2. The van der Waals surface area contributed by atoms with Gasteiger partial charge in [-0.1, -0.05) is 24.3 Å². The molecule has 1 saturated heterocycles. The van der Waals surface area contributed by atoms with E-state index in [0.29, 0.717) is 36.6 Å². The first-order valence-corrected chi connectivity index (χ1v) is 8.42. The van der Waals surface area contributed by atoms with Gasteiger partial charge < -0.3 is 9.64 Å². The fraction of sp³-hybridized carbons (Fsp3) is 0.353. The Morgan fingerprint density at radius 3 is 2.83 bits per heavy atom. The molecular weight excluding hydrogens is 339 g/mol. The Kier molecular flexibility index (Phi) is 4.91. The summed E-state index contributed by atoms with van der Waals surface area (Å²) in [5, 5.41) is 1.84. The van der Waals surface area contributed by atoms with E-state index < -0.39 is 11.7 Å². The zero-order valence-corrected chi connectivity index (χ0v) is 13.6. The summed E-state index contributed by atoms with van der Waals surface area (Å²) in [6.45, 7) is 1.27. The SMILES string of the molecule is O=C(c1cccs1)N1CCO[C@@H](Cc2cccc(C(F)(F)F)c2)C1. The first-order valence-electron chi connectivity index (χ1n) is 7.54. The molecule has 1 aliphatic heterocycles. The lowest BCUT2D eigenvalue weighted by Gasteiger charge is -2.33. The normalized spacial score (nSPS) is 18.6. The fourth-order valence-electron chi connectivity index (χ4n) is 2.72. The van der Waals surface area contributed by atoms with Gasteiger partial charge in [-0.15, -0.1) is 11.3 Å². The van der Waals surface area contributed by atoms with E-state index in [-0.39, 0.29) is 12.0 Å². The zero-order valence-electron chi connectivity index (χ0n) is 12.8. The Balaban J connectivity index is 1.67. The summed E-state index contributed by atoms with van der Waals surface area (Å²) in [4.78, 5) is 14.7. The number of nitrogens with zero attached hydrogens (tertiary/aromatic N) is 1. The number of morpholine rings is 1. The average Bonchev–Trinajstić information content (AvgIpc) is 3.08. The Bertz CT molecular complexity index is 700. The van der Waals surface area contributed by atoms with Gasteiger partial charge >= 0.3 is 6.18 Å². The van der Waals surface area contributed by atoms with Crippen molar-refractivity contribution in [3.8, 4) is 0 Å². The maximum absolute atomic E-state index is 12.8. The third-order valence-corrected chi connectivity index (χ3v) is 4.73. The molecule has 0 bridgehead atoms. The summed E-state index contributed by atoms with van der Waals surface area (Å²) >= 11 is 1.38. The quantitative estimate of drug-likeness (QED) is 0.837. The molecule has 1 aliphatic rings. The van der Waals surface area contributed by atoms with Gasteiger partial charge in [0.15, 0.2) is 0 Å². The third-order valence-electron chi connectivity index (χ3n) is 3.88. The molecule has 0 radical (unpaired) electrons. The van der Waals surface area contributed by atoms with E-state index in [1.807, 2.05) is 11.4 Å². The largest absolute Gasteiger partial charge is 0.416 e. The van der Waals surface area contributed by atoms with Crippen LogP contribution < -0.4 is 0 Å². The van der Waals surface area contributed by atoms with Gasteiger partial charge in [0.05, 0.1) is 23.2 Å². The van der Waals surface area contributed by atoms with Crippen LogP contribution in [0.3, 0.4) is 0 Å². The average molecular weight is 355 g/mol. The van der Waals surface area contributed by atoms with Gasteiger partial charge in [0.2, 0.25) is 0 Å². The van der Waals surface area contributed by atoms with Crippen LogP contribution in [0.25, 0.3) is 0 Å². The molecule has 1 aromatic carbocycles. The van der Waals surface area contributed by atoms with Crippen LogP contribution in [0.1, 0.15) is 20.8 Å². The molecule has 24 heavy (non-hydrogen) atoms. The van der Waals surface area contributed by atoms with Crippen molar-refractivity contribution in [3.05, 3.63) is 57.8 Å². The molecule has 0 unspecified atom stereocenters. The van der Waals surface area contributed by atoms with Crippen LogP contribution in [0, 0.1) is 0 Å². The second kappa shape index (κ2) is 6.94. The highest BCUT2D eigenvalue weighted by Gasteiger charge is 2.31. The van der Waals surface area contributed by atoms with Gasteiger partial charge in [-0.05, 0) is 23.1 Å². The Morgan fingerprint density at radius 2 is 2.12 bits per heavy atom. The Morgan fingerprint density at radius 1 is 1.29 bits per heavy atom. The highest BCUT2D eigenvalue weighted by molar-refractivity contribution is 7.12. The maximum atomic E-state index is 12.8. The van der Waals surface area contributed by atoms with Crippen LogP contribution in [0.15, 0.2) is 41.8 Å². The summed E-state index contributed by atoms with van der Waals surface area (Å²) in [7, 11) is 0. The van der Waals surface area contributed by atoms with Crippen LogP contribution in [-0.4, -0.2) is 36.6 Å². The van der Waals surface area contributed by atoms with Crippen molar-refractivity contribution >= 4 is 17.2 Å². The minimum Gasteiger partial charge on any atom is -0.374 e. The van der Waals surface area contributed by atoms with Crippen LogP contribution in [0.5, 0.6) is 0 Å². The second-order valence-corrected chi connectivity index (χ2v) is 6.57. The number of ether oxygens (including phenoxy) is 1. The highest BCUT2D eigenvalue weighted by Crippen LogP contribution is 2.30. The number of amides is 1. The van der Waals surface area contributed by atoms with Crippen LogP contribution >= 0.6 is 11.3 Å². The van der Waals surface area contributed by atoms with Gasteiger partial charge in [-0.3, -0.25) is 4.79 Å². The number of thiophene rings is 1. The molecule has 1 aromatic heterocycles. The fourth-order valence-corrected chi connectivity index (χ4v) is 3.41. The topological polar surface area (TPSA) is 29.5 Å². The molecule has 2 heterocycles. The molecule has 0 N–H and O–H groups in total. The Hall–Kier alpha value is -1.86. The molecule has 1 atom stereocenters. The number of alkyl halides is 3. The van der Waals surface area contributed by atoms with Gasteiger partial charge in [0.25, 0.3) is 5.91 Å². The minimum atomic E-state index is -4.36. The van der Waals surface area contributed by atoms with Crippen molar-refractivity contribution in [2.45, 2.75) is 18.7 Å². The van der Waals surface area contributed by atoms with Gasteiger partial charge in [0, 0.05) is 19.5 Å². The molecule has 128 valence electrons. The first-order chi connectivity index (χ1) is 11.4. The van der Waals surface area contributed by atoms with Crippen molar-refractivity contribution < 1.29 is 22.7 Å². The number of rotatable bonds is 3. The van der Waals surface area contributed by atoms with Crippen molar-refractivity contribution in [3.63, 3.8) is 0 Å². The van der Waals surface area contributed by atoms with E-state index in [2.05, 4.69) is 0 Å². The van der Waals surface area contributed by atoms with Gasteiger partial charge in [-0.2, -0.15) is 13.2 Å². The van der Waals surface area contributed by atoms with E-state index >= 15 is 0 Å². The van der Waals surface area contributed by atoms with Crippen LogP contribution in [-0.2, 0) is 17.3 Å². The Labute approximate surface area is 141 Å². The summed E-state index contributed by atoms with van der Waals surface area (Å²) in [5.74, 6) is -0.0534.